The summed E-state index contributed by atoms with van der Waals surface area (Å²) < 4.78 is 26.8. The van der Waals surface area contributed by atoms with Crippen LogP contribution in [0.1, 0.15) is 29.8 Å². The minimum absolute atomic E-state index is 0.258. The molecule has 1 saturated heterocycles. The van der Waals surface area contributed by atoms with Crippen LogP contribution in [-0.4, -0.2) is 66.3 Å². The summed E-state index contributed by atoms with van der Waals surface area (Å²) in [6.45, 7) is 6.01. The number of nitriles is 1. The molecule has 0 bridgehead atoms. The van der Waals surface area contributed by atoms with Crippen molar-refractivity contribution in [3.63, 3.8) is 0 Å². The third kappa shape index (κ3) is 3.57. The van der Waals surface area contributed by atoms with Gasteiger partial charge in [-0.05, 0) is 29.8 Å². The maximum absolute atomic E-state index is 11.8. The van der Waals surface area contributed by atoms with Crippen LogP contribution >= 0.6 is 0 Å². The number of pyridine rings is 2. The first kappa shape index (κ1) is 20.7. The first-order valence-electron chi connectivity index (χ1n) is 10.7. The Morgan fingerprint density at radius 3 is 2.62 bits per heavy atom. The third-order valence-electron chi connectivity index (χ3n) is 6.37. The Morgan fingerprint density at radius 2 is 1.91 bits per heavy atom. The first-order valence-corrected chi connectivity index (χ1v) is 12.5. The summed E-state index contributed by atoms with van der Waals surface area (Å²) in [6, 6.07) is 10.1. The number of aromatic nitrogens is 3. The number of piperazine rings is 1. The molecule has 166 valence electrons. The van der Waals surface area contributed by atoms with Crippen LogP contribution in [0.4, 0.5) is 11.4 Å². The van der Waals surface area contributed by atoms with E-state index in [2.05, 4.69) is 34.0 Å². The molecule has 0 radical (unpaired) electrons. The highest BCUT2D eigenvalue weighted by Crippen LogP contribution is 2.34. The summed E-state index contributed by atoms with van der Waals surface area (Å²) >= 11 is 0. The van der Waals surface area contributed by atoms with Gasteiger partial charge in [-0.1, -0.05) is 6.92 Å². The molecule has 1 atom stereocenters. The maximum Gasteiger partial charge on any atom is 0.211 e. The Bertz CT molecular complexity index is 1320. The molecule has 1 fully saturated rings. The monoisotopic (exact) mass is 451 g/mol. The summed E-state index contributed by atoms with van der Waals surface area (Å²) in [5.41, 5.74) is 5.79. The number of hydrogen-bond acceptors (Lipinski definition) is 7. The van der Waals surface area contributed by atoms with Crippen LogP contribution in [-0.2, 0) is 16.6 Å². The van der Waals surface area contributed by atoms with Gasteiger partial charge >= 0.3 is 0 Å². The Labute approximate surface area is 187 Å². The van der Waals surface area contributed by atoms with Crippen molar-refractivity contribution in [2.75, 3.05) is 48.8 Å². The molecule has 0 amide bonds. The summed E-state index contributed by atoms with van der Waals surface area (Å²) in [5, 5.41) is 13.7. The van der Waals surface area contributed by atoms with E-state index in [9.17, 15) is 13.7 Å². The average Bonchev–Trinajstić information content (AvgIpc) is 3.27. The van der Waals surface area contributed by atoms with Gasteiger partial charge in [0.15, 0.2) is 0 Å². The van der Waals surface area contributed by atoms with E-state index in [0.717, 1.165) is 35.7 Å². The van der Waals surface area contributed by atoms with E-state index in [0.29, 0.717) is 31.9 Å². The van der Waals surface area contributed by atoms with Gasteiger partial charge in [0.1, 0.15) is 11.8 Å². The summed E-state index contributed by atoms with van der Waals surface area (Å²) in [4.78, 5) is 9.31. The molecule has 9 nitrogen and oxygen atoms in total. The number of fused-ring (bicyclic) bond motifs is 2. The predicted octanol–water partition coefficient (Wildman–Crippen LogP) is 1.81. The smallest absolute Gasteiger partial charge is 0.211 e. The van der Waals surface area contributed by atoms with Gasteiger partial charge in [-0.15, -0.1) is 0 Å². The molecule has 3 aromatic rings. The van der Waals surface area contributed by atoms with Crippen LogP contribution in [0.3, 0.4) is 0 Å². The van der Waals surface area contributed by atoms with E-state index in [1.807, 2.05) is 24.4 Å². The van der Waals surface area contributed by atoms with E-state index < -0.39 is 10.0 Å². The summed E-state index contributed by atoms with van der Waals surface area (Å²) in [7, 11) is -3.15. The zero-order valence-corrected chi connectivity index (χ0v) is 19.0. The van der Waals surface area contributed by atoms with Crippen LogP contribution < -0.4 is 9.80 Å². The van der Waals surface area contributed by atoms with E-state index in [1.54, 1.807) is 10.7 Å². The molecule has 32 heavy (non-hydrogen) atoms. The zero-order valence-electron chi connectivity index (χ0n) is 18.1. The minimum atomic E-state index is -3.15. The van der Waals surface area contributed by atoms with Crippen molar-refractivity contribution in [1.29, 1.82) is 5.26 Å². The highest BCUT2D eigenvalue weighted by Gasteiger charge is 2.28. The van der Waals surface area contributed by atoms with Gasteiger partial charge in [0.25, 0.3) is 0 Å². The van der Waals surface area contributed by atoms with Gasteiger partial charge in [-0.25, -0.2) is 12.9 Å². The largest absolute Gasteiger partial charge is 0.368 e. The molecule has 0 spiro atoms. The molecule has 2 aliphatic rings. The zero-order chi connectivity index (χ0) is 22.5. The van der Waals surface area contributed by atoms with Gasteiger partial charge < -0.3 is 9.80 Å². The van der Waals surface area contributed by atoms with Crippen molar-refractivity contribution in [3.05, 3.63) is 53.6 Å². The molecule has 0 aliphatic carbocycles. The van der Waals surface area contributed by atoms with E-state index in [1.165, 1.54) is 16.1 Å². The van der Waals surface area contributed by atoms with Crippen LogP contribution in [0.5, 0.6) is 0 Å². The van der Waals surface area contributed by atoms with E-state index in [-0.39, 0.29) is 5.92 Å². The molecular weight excluding hydrogens is 426 g/mol. The molecule has 5 rings (SSSR count). The molecule has 10 heteroatoms. The van der Waals surface area contributed by atoms with Crippen LogP contribution in [0.2, 0.25) is 0 Å². The number of rotatable bonds is 3. The van der Waals surface area contributed by atoms with Gasteiger partial charge in [-0.2, -0.15) is 14.7 Å². The highest BCUT2D eigenvalue weighted by molar-refractivity contribution is 7.88. The van der Waals surface area contributed by atoms with Crippen LogP contribution in [0.15, 0.2) is 36.7 Å². The van der Waals surface area contributed by atoms with Crippen molar-refractivity contribution < 1.29 is 8.42 Å². The lowest BCUT2D eigenvalue weighted by Crippen LogP contribution is -2.48. The van der Waals surface area contributed by atoms with Gasteiger partial charge in [-0.3, -0.25) is 4.98 Å². The lowest BCUT2D eigenvalue weighted by Gasteiger charge is -2.37. The lowest BCUT2D eigenvalue weighted by atomic mass is 9.95. The maximum atomic E-state index is 11.8. The molecule has 5 heterocycles. The number of sulfonamides is 1. The molecule has 3 aromatic heterocycles. The molecule has 2 aliphatic heterocycles. The Kier molecular flexibility index (Phi) is 5.03. The normalized spacial score (nSPS) is 19.7. The fourth-order valence-corrected chi connectivity index (χ4v) is 5.58. The van der Waals surface area contributed by atoms with Crippen molar-refractivity contribution in [2.45, 2.75) is 19.4 Å². The van der Waals surface area contributed by atoms with Gasteiger partial charge in [0, 0.05) is 45.2 Å². The molecule has 0 unspecified atom stereocenters. The average molecular weight is 452 g/mol. The fraction of sp³-hybridized carbons (Fsp3) is 0.409. The molecule has 0 N–H and O–H groups in total. The van der Waals surface area contributed by atoms with Crippen molar-refractivity contribution in [3.8, 4) is 6.07 Å². The van der Waals surface area contributed by atoms with Crippen molar-refractivity contribution in [1.82, 2.24) is 18.9 Å². The van der Waals surface area contributed by atoms with Crippen LogP contribution in [0.25, 0.3) is 5.52 Å². The SMILES string of the molecule is C[C@@H]1CN(c2ccc(C#N)n3nccc23)Cc2cc(N3CCN(S(C)(=O)=O)CC3)cnc21. The van der Waals surface area contributed by atoms with Crippen molar-refractivity contribution >= 4 is 26.9 Å². The minimum Gasteiger partial charge on any atom is -0.368 e. The second-order valence-corrected chi connectivity index (χ2v) is 10.5. The highest BCUT2D eigenvalue weighted by atomic mass is 32.2. The van der Waals surface area contributed by atoms with E-state index >= 15 is 0 Å². The standard InChI is InChI=1S/C22H25N7O2S/c1-16-14-27(20-4-3-18(12-23)29-21(20)5-6-25-29)15-17-11-19(13-24-22(16)17)26-7-9-28(10-8-26)32(2,30)31/h3-6,11,13,16H,7-10,14-15H2,1-2H3/t16-/m1/s1. The lowest BCUT2D eigenvalue weighted by molar-refractivity contribution is 0.388. The topological polar surface area (TPSA) is 97.8 Å². The van der Waals surface area contributed by atoms with Crippen LogP contribution in [0, 0.1) is 11.3 Å². The number of anilines is 2. The molecular formula is C22H25N7O2S. The summed E-state index contributed by atoms with van der Waals surface area (Å²) in [5.74, 6) is 0.258. The van der Waals surface area contributed by atoms with E-state index in [4.69, 9.17) is 4.98 Å². The summed E-state index contributed by atoms with van der Waals surface area (Å²) in [6.07, 6.45) is 4.90. The Balaban J connectivity index is 1.42. The second-order valence-electron chi connectivity index (χ2n) is 8.51. The molecule has 0 aromatic carbocycles. The Hall–Kier alpha value is -3.16. The quantitative estimate of drug-likeness (QED) is 0.599. The van der Waals surface area contributed by atoms with Crippen molar-refractivity contribution in [2.24, 2.45) is 0 Å². The van der Waals surface area contributed by atoms with Gasteiger partial charge in [0.2, 0.25) is 10.0 Å². The fourth-order valence-electron chi connectivity index (χ4n) is 4.76. The Morgan fingerprint density at radius 1 is 1.12 bits per heavy atom. The molecule has 0 saturated carbocycles. The first-order chi connectivity index (χ1) is 15.3. The number of nitrogens with zero attached hydrogens (tertiary/aromatic N) is 7. The third-order valence-corrected chi connectivity index (χ3v) is 7.67. The van der Waals surface area contributed by atoms with Gasteiger partial charge in [0.05, 0.1) is 41.2 Å². The number of hydrogen-bond donors (Lipinski definition) is 0. The predicted molar refractivity (Wildman–Crippen MR) is 122 cm³/mol. The second kappa shape index (κ2) is 7.76.